The number of fused-ring (bicyclic) bond motifs is 4. The number of aromatic hydroxyl groups is 2. The maximum atomic E-state index is 14.7. The quantitative estimate of drug-likeness (QED) is 0.0203. The average molecular weight is 1420 g/mol. The summed E-state index contributed by atoms with van der Waals surface area (Å²) in [5.41, 5.74) is -4.81. The lowest BCUT2D eigenvalue weighted by Gasteiger charge is -2.41. The number of hydrogen-bond donors (Lipinski definition) is 20. The predicted molar refractivity (Wildman–Crippen MR) is 342 cm³/mol. The summed E-state index contributed by atoms with van der Waals surface area (Å²) in [5.74, 6) is -10.5. The monoisotopic (exact) mass is 1420 g/mol. The first-order valence-electron chi connectivity index (χ1n) is 30.7. The van der Waals surface area contributed by atoms with Crippen LogP contribution in [0.4, 0.5) is 0 Å². The van der Waals surface area contributed by atoms with Gasteiger partial charge in [-0.25, -0.2) is 9.59 Å². The standard InChI is InChI=1S/C42H38O20.C22H42N4O8S2/c43-11-23-31(47)35(51)37(53)41(61-23)59-21-5-1-3-15-25(17-7-13(39(55)56)9-19(45)27(17)33(49)29(15)21)26-16-4-2-6-22(60-42-38(54)36(52)32(48)24(12-44)62-42)30(16)34(50)28-18(26)8-14(40(57)58)10-20(28)46;1-21(2,13-27)17(31)19(33)25-7-5-15(29)23-9-11-35-36-12-10-24-16(30)6-8-26-20(34)18(32)22(3,4)14-28/h1-10,23-26,31-32,35-38,41-48,51-54H,11-12H2,(H,55,56)(H,57,58);17-18,27-28,31-32H,5-14H2,1-4H3,(H,23,29)(H,24,30)(H,25,33)(H,26,34)/t23-,24-,25?,26?,31-,32-,35+,36+,37-,38-,41-,42-;17-,18-/m10/s1. The second-order valence-electron chi connectivity index (χ2n) is 24.7. The van der Waals surface area contributed by atoms with Crippen molar-refractivity contribution in [3.8, 4) is 23.0 Å². The Labute approximate surface area is 566 Å². The van der Waals surface area contributed by atoms with Crippen LogP contribution in [0, 0.1) is 10.8 Å². The number of benzene rings is 4. The number of rotatable bonds is 28. The van der Waals surface area contributed by atoms with Crippen LogP contribution in [0.1, 0.15) is 127 Å². The van der Waals surface area contributed by atoms with Crippen molar-refractivity contribution in [1.82, 2.24) is 21.3 Å². The van der Waals surface area contributed by atoms with Crippen LogP contribution in [0.25, 0.3) is 0 Å². The molecule has 0 bridgehead atoms. The third-order valence-corrected chi connectivity index (χ3v) is 19.3. The van der Waals surface area contributed by atoms with E-state index in [1.807, 2.05) is 0 Å². The molecule has 2 aliphatic carbocycles. The van der Waals surface area contributed by atoms with Gasteiger partial charge in [-0.2, -0.15) is 0 Å². The first kappa shape index (κ1) is 77.7. The van der Waals surface area contributed by atoms with Crippen LogP contribution in [0.15, 0.2) is 60.7 Å². The molecule has 4 aliphatic rings. The minimum absolute atomic E-state index is 0.00301. The van der Waals surface area contributed by atoms with Crippen molar-refractivity contribution in [2.45, 2.75) is 126 Å². The van der Waals surface area contributed by atoms with Gasteiger partial charge in [-0.15, -0.1) is 0 Å². The number of amides is 4. The Morgan fingerprint density at radius 3 is 1.18 bits per heavy atom. The van der Waals surface area contributed by atoms with E-state index in [2.05, 4.69) is 21.3 Å². The van der Waals surface area contributed by atoms with Crippen LogP contribution in [0.5, 0.6) is 23.0 Å². The third kappa shape index (κ3) is 17.3. The van der Waals surface area contributed by atoms with Gasteiger partial charge in [0, 0.05) is 73.2 Å². The van der Waals surface area contributed by atoms with Crippen molar-refractivity contribution < 1.29 is 139 Å². The molecule has 2 heterocycles. The summed E-state index contributed by atoms with van der Waals surface area (Å²) < 4.78 is 23.0. The first-order chi connectivity index (χ1) is 46.3. The van der Waals surface area contributed by atoms with E-state index in [-0.39, 0.29) is 95.8 Å². The zero-order valence-corrected chi connectivity index (χ0v) is 54.8. The van der Waals surface area contributed by atoms with E-state index in [9.17, 15) is 120 Å². The Hall–Kier alpha value is -7.62. The van der Waals surface area contributed by atoms with E-state index >= 15 is 0 Å². The van der Waals surface area contributed by atoms with Gasteiger partial charge in [0.15, 0.2) is 0 Å². The molecule has 0 aromatic heterocycles. The molecular formula is C64H80N4O28S2. The van der Waals surface area contributed by atoms with Crippen molar-refractivity contribution in [3.05, 3.63) is 116 Å². The molecular weight excluding hydrogens is 1340 g/mol. The van der Waals surface area contributed by atoms with E-state index in [0.717, 1.165) is 24.3 Å². The molecule has 20 N–H and O–H groups in total. The van der Waals surface area contributed by atoms with Gasteiger partial charge in [0.1, 0.15) is 84.0 Å². The van der Waals surface area contributed by atoms with Gasteiger partial charge in [-0.1, -0.05) is 73.5 Å². The minimum atomic E-state index is -1.94. The summed E-state index contributed by atoms with van der Waals surface area (Å²) in [6, 6.07) is 11.9. The molecule has 14 atom stereocenters. The van der Waals surface area contributed by atoms with Crippen molar-refractivity contribution in [2.75, 3.05) is 64.1 Å². The van der Waals surface area contributed by atoms with Gasteiger partial charge < -0.3 is 122 Å². The Balaban J connectivity index is 0.000000323. The normalized spacial score (nSPS) is 24.0. The minimum Gasteiger partial charge on any atom is -0.507 e. The topological polar surface area (TPSA) is 545 Å². The molecule has 0 spiro atoms. The molecule has 0 saturated carbocycles. The lowest BCUT2D eigenvalue weighted by atomic mass is 9.63. The number of carbonyl (C=O) groups is 8. The van der Waals surface area contributed by atoms with Crippen LogP contribution in [-0.4, -0.2) is 267 Å². The van der Waals surface area contributed by atoms with Gasteiger partial charge in [0.25, 0.3) is 0 Å². The molecule has 536 valence electrons. The summed E-state index contributed by atoms with van der Waals surface area (Å²) in [6.45, 7) is 4.95. The molecule has 98 heavy (non-hydrogen) atoms. The Morgan fingerprint density at radius 2 is 0.857 bits per heavy atom. The molecule has 2 unspecified atom stereocenters. The maximum Gasteiger partial charge on any atom is 0.335 e. The van der Waals surface area contributed by atoms with E-state index in [0.29, 0.717) is 24.6 Å². The second kappa shape index (κ2) is 33.5. The van der Waals surface area contributed by atoms with Crippen molar-refractivity contribution in [1.29, 1.82) is 0 Å². The molecule has 8 rings (SSSR count). The van der Waals surface area contributed by atoms with Gasteiger partial charge in [0.2, 0.25) is 47.8 Å². The number of nitrogens with one attached hydrogen (secondary N) is 4. The van der Waals surface area contributed by atoms with Gasteiger partial charge in [-0.3, -0.25) is 28.8 Å². The number of carboxylic acid groups (broad SMARTS) is 2. The van der Waals surface area contributed by atoms with Gasteiger partial charge in [0.05, 0.1) is 59.8 Å². The smallest absolute Gasteiger partial charge is 0.335 e. The molecule has 0 radical (unpaired) electrons. The lowest BCUT2D eigenvalue weighted by molar-refractivity contribution is -0.277. The highest BCUT2D eigenvalue weighted by Gasteiger charge is 2.50. The number of ether oxygens (including phenoxy) is 4. The molecule has 2 fully saturated rings. The van der Waals surface area contributed by atoms with E-state index < -0.39 is 179 Å². The summed E-state index contributed by atoms with van der Waals surface area (Å²) in [6.07, 6.45) is -20.3. The van der Waals surface area contributed by atoms with Gasteiger partial charge >= 0.3 is 11.9 Å². The molecule has 34 heteroatoms. The van der Waals surface area contributed by atoms with E-state index in [4.69, 9.17) is 18.9 Å². The van der Waals surface area contributed by atoms with E-state index in [1.165, 1.54) is 58.0 Å². The predicted octanol–water partition coefficient (Wildman–Crippen LogP) is -2.72. The highest BCUT2D eigenvalue weighted by Crippen LogP contribution is 2.56. The number of aliphatic hydroxyl groups is 12. The summed E-state index contributed by atoms with van der Waals surface area (Å²) in [7, 11) is 3.07. The number of phenols is 2. The van der Waals surface area contributed by atoms with Crippen molar-refractivity contribution in [2.24, 2.45) is 10.8 Å². The van der Waals surface area contributed by atoms with Crippen LogP contribution in [-0.2, 0) is 28.7 Å². The first-order valence-corrected chi connectivity index (χ1v) is 33.2. The third-order valence-electron chi connectivity index (χ3n) is 16.9. The summed E-state index contributed by atoms with van der Waals surface area (Å²) in [5, 5.41) is 175. The SMILES string of the molecule is CC(C)(CO)[C@@H](O)C(=O)NCCC(=O)NCCSSCCNC(=O)CCNC(=O)[C@H](O)C(C)(C)CO.O=C(O)c1cc(O)c2c(c1)C(C1c3cc(C(=O)O)cc(O)c3C(=O)c3c(O[C@@H]4O[C@H](CO)[C@@H](O)[C@H](O)[C@H]4O)cccc31)c1cccc(O[C@@H]3O[C@H](CO)[C@@H](O)[C@H](O)[C@H]3O)c1C2=O. The van der Waals surface area contributed by atoms with E-state index in [1.54, 1.807) is 27.7 Å². The number of aliphatic hydroxyl groups excluding tert-OH is 12. The molecule has 4 aromatic carbocycles. The Morgan fingerprint density at radius 1 is 0.500 bits per heavy atom. The second-order valence-corrected chi connectivity index (χ2v) is 27.4. The maximum absolute atomic E-state index is 14.7. The number of carbonyl (C=O) groups excluding carboxylic acids is 6. The summed E-state index contributed by atoms with van der Waals surface area (Å²) in [4.78, 5) is 102. The highest BCUT2D eigenvalue weighted by atomic mass is 33.1. The largest absolute Gasteiger partial charge is 0.507 e. The molecule has 4 aromatic rings. The fourth-order valence-electron chi connectivity index (χ4n) is 11.1. The van der Waals surface area contributed by atoms with Crippen molar-refractivity contribution >= 4 is 68.7 Å². The van der Waals surface area contributed by atoms with Crippen molar-refractivity contribution in [3.63, 3.8) is 0 Å². The van der Waals surface area contributed by atoms with Crippen LogP contribution in [0.2, 0.25) is 0 Å². The van der Waals surface area contributed by atoms with Crippen LogP contribution >= 0.6 is 21.6 Å². The number of carboxylic acids is 2. The Kier molecular flexibility index (Phi) is 26.6. The lowest BCUT2D eigenvalue weighted by Crippen LogP contribution is -2.60. The number of hydrogen-bond acceptors (Lipinski definition) is 28. The zero-order valence-electron chi connectivity index (χ0n) is 53.2. The summed E-state index contributed by atoms with van der Waals surface area (Å²) >= 11 is 0. The van der Waals surface area contributed by atoms with Gasteiger partial charge in [-0.05, 0) is 58.7 Å². The average Bonchev–Trinajstić information content (AvgIpc) is 0.705. The fourth-order valence-corrected chi connectivity index (χ4v) is 13.0. The molecule has 4 amide bonds. The zero-order chi connectivity index (χ0) is 72.4. The molecule has 32 nitrogen and oxygen atoms in total. The Bertz CT molecular complexity index is 3360. The highest BCUT2D eigenvalue weighted by molar-refractivity contribution is 8.76. The number of aromatic carboxylic acids is 2. The van der Waals surface area contributed by atoms with Crippen LogP contribution in [0.3, 0.4) is 0 Å². The van der Waals surface area contributed by atoms with Crippen LogP contribution < -0.4 is 30.7 Å². The molecule has 2 saturated heterocycles. The number of phenolic OH excluding ortho intramolecular Hbond substituents is 2. The number of ketones is 2. The fraction of sp³-hybridized carbons (Fsp3) is 0.500. The molecule has 2 aliphatic heterocycles.